The lowest BCUT2D eigenvalue weighted by molar-refractivity contribution is -0.149. The summed E-state index contributed by atoms with van der Waals surface area (Å²) in [6.07, 6.45) is 12.5. The Hall–Kier alpha value is -3.06. The second kappa shape index (κ2) is 15.7. The van der Waals surface area contributed by atoms with Crippen LogP contribution in [-0.4, -0.2) is 54.5 Å². The van der Waals surface area contributed by atoms with Crippen LogP contribution in [0, 0.1) is 5.92 Å². The molecule has 218 valence electrons. The monoisotopic (exact) mass is 551 g/mol. The fourth-order valence-corrected chi connectivity index (χ4v) is 5.91. The largest absolute Gasteiger partial charge is 0.492 e. The molecule has 1 amide bonds. The van der Waals surface area contributed by atoms with Gasteiger partial charge in [-0.25, -0.2) is 9.59 Å². The number of hydrogen-bond donors (Lipinski definition) is 1. The van der Waals surface area contributed by atoms with Crippen molar-refractivity contribution in [1.29, 1.82) is 0 Å². The molecule has 1 N–H and O–H groups in total. The van der Waals surface area contributed by atoms with E-state index < -0.39 is 12.1 Å². The Kier molecular flexibility index (Phi) is 11.7. The molecule has 40 heavy (non-hydrogen) atoms. The Morgan fingerprint density at radius 2 is 1.68 bits per heavy atom. The van der Waals surface area contributed by atoms with E-state index in [0.29, 0.717) is 44.2 Å². The number of carboxylic acids is 1. The highest BCUT2D eigenvalue weighted by Gasteiger charge is 2.20. The van der Waals surface area contributed by atoms with Crippen LogP contribution in [0.25, 0.3) is 0 Å². The quantitative estimate of drug-likeness (QED) is 0.244. The fourth-order valence-electron chi connectivity index (χ4n) is 5.91. The van der Waals surface area contributed by atoms with Gasteiger partial charge in [-0.3, -0.25) is 0 Å². The number of carbonyl (C=O) groups is 2. The van der Waals surface area contributed by atoms with Gasteiger partial charge in [0.15, 0.2) is 6.10 Å². The van der Waals surface area contributed by atoms with Crippen LogP contribution >= 0.6 is 0 Å². The summed E-state index contributed by atoms with van der Waals surface area (Å²) in [6, 6.07) is 13.4. The van der Waals surface area contributed by atoms with E-state index in [4.69, 9.17) is 14.2 Å². The van der Waals surface area contributed by atoms with E-state index in [1.165, 1.54) is 49.7 Å². The molecule has 7 nitrogen and oxygen atoms in total. The lowest BCUT2D eigenvalue weighted by Crippen LogP contribution is -2.37. The first-order chi connectivity index (χ1) is 19.5. The maximum absolute atomic E-state index is 13.2. The third-order valence-electron chi connectivity index (χ3n) is 8.17. The summed E-state index contributed by atoms with van der Waals surface area (Å²) in [6.45, 7) is 3.56. The highest BCUT2D eigenvalue weighted by Crippen LogP contribution is 2.28. The number of unbranched alkanes of at least 4 members (excludes halogenated alkanes) is 1. The van der Waals surface area contributed by atoms with Crippen LogP contribution in [-0.2, 0) is 28.8 Å². The van der Waals surface area contributed by atoms with Gasteiger partial charge in [-0.2, -0.15) is 0 Å². The highest BCUT2D eigenvalue weighted by atomic mass is 16.6. The summed E-state index contributed by atoms with van der Waals surface area (Å²) in [4.78, 5) is 26.3. The minimum absolute atomic E-state index is 0.298. The normalized spacial score (nSPS) is 15.8. The third kappa shape index (κ3) is 9.26. The lowest BCUT2D eigenvalue weighted by Gasteiger charge is -2.24. The van der Waals surface area contributed by atoms with E-state index in [2.05, 4.69) is 6.07 Å². The molecule has 2 aromatic carbocycles. The molecule has 1 atom stereocenters. The first-order valence-corrected chi connectivity index (χ1v) is 15.2. The smallest absolute Gasteiger partial charge is 0.415 e. The summed E-state index contributed by atoms with van der Waals surface area (Å²) >= 11 is 0. The first-order valence-electron chi connectivity index (χ1n) is 15.2. The molecule has 0 spiro atoms. The Morgan fingerprint density at radius 1 is 0.925 bits per heavy atom. The predicted octanol–water partition coefficient (Wildman–Crippen LogP) is 6.84. The van der Waals surface area contributed by atoms with Crippen molar-refractivity contribution in [2.45, 2.75) is 90.1 Å². The molecule has 1 saturated carbocycles. The summed E-state index contributed by atoms with van der Waals surface area (Å²) < 4.78 is 17.1. The predicted molar refractivity (Wildman–Crippen MR) is 155 cm³/mol. The molecule has 1 unspecified atom stereocenters. The van der Waals surface area contributed by atoms with Gasteiger partial charge in [0.05, 0.1) is 6.54 Å². The zero-order valence-electron chi connectivity index (χ0n) is 23.9. The van der Waals surface area contributed by atoms with Crippen LogP contribution < -0.4 is 9.47 Å². The van der Waals surface area contributed by atoms with Crippen molar-refractivity contribution in [3.05, 3.63) is 59.2 Å². The SMILES string of the molecule is CCOC(Cc1ccc(OCCN(CCCCC2CCCCC2)C(=O)Oc2ccc3c(c2)CCC3)cc1)C(=O)O. The van der Waals surface area contributed by atoms with Crippen molar-refractivity contribution < 1.29 is 28.9 Å². The molecule has 1 fully saturated rings. The van der Waals surface area contributed by atoms with Gasteiger partial charge in [-0.1, -0.05) is 63.1 Å². The van der Waals surface area contributed by atoms with Crippen molar-refractivity contribution in [2.75, 3.05) is 26.3 Å². The number of rotatable bonds is 15. The average molecular weight is 552 g/mol. The number of aliphatic carboxylic acids is 1. The third-order valence-corrected chi connectivity index (χ3v) is 8.17. The molecule has 2 aromatic rings. The second-order valence-corrected chi connectivity index (χ2v) is 11.1. The van der Waals surface area contributed by atoms with Gasteiger partial charge >= 0.3 is 12.1 Å². The molecular formula is C33H45NO6. The van der Waals surface area contributed by atoms with Gasteiger partial charge in [-0.05, 0) is 79.5 Å². The number of nitrogens with zero attached hydrogens (tertiary/aromatic N) is 1. The average Bonchev–Trinajstić information content (AvgIpc) is 3.43. The summed E-state index contributed by atoms with van der Waals surface area (Å²) in [7, 11) is 0. The van der Waals surface area contributed by atoms with E-state index in [1.807, 2.05) is 36.4 Å². The minimum Gasteiger partial charge on any atom is -0.492 e. The van der Waals surface area contributed by atoms with E-state index in [0.717, 1.165) is 43.6 Å². The summed E-state index contributed by atoms with van der Waals surface area (Å²) in [5, 5.41) is 9.32. The minimum atomic E-state index is -0.965. The fraction of sp³-hybridized carbons (Fsp3) is 0.576. The summed E-state index contributed by atoms with van der Waals surface area (Å²) in [5.41, 5.74) is 3.51. The van der Waals surface area contributed by atoms with E-state index in [9.17, 15) is 14.7 Å². The molecule has 7 heteroatoms. The molecule has 2 aliphatic rings. The number of hydrogen-bond acceptors (Lipinski definition) is 5. The zero-order valence-corrected chi connectivity index (χ0v) is 23.9. The van der Waals surface area contributed by atoms with Crippen molar-refractivity contribution in [1.82, 2.24) is 4.90 Å². The first kappa shape index (κ1) is 29.9. The van der Waals surface area contributed by atoms with E-state index in [1.54, 1.807) is 11.8 Å². The molecule has 0 aliphatic heterocycles. The highest BCUT2D eigenvalue weighted by molar-refractivity contribution is 5.72. The van der Waals surface area contributed by atoms with Crippen LogP contribution in [0.2, 0.25) is 0 Å². The Morgan fingerprint density at radius 3 is 2.42 bits per heavy atom. The molecule has 2 aliphatic carbocycles. The Bertz CT molecular complexity index is 1080. The number of carboxylic acid groups (broad SMARTS) is 1. The maximum Gasteiger partial charge on any atom is 0.415 e. The topological polar surface area (TPSA) is 85.3 Å². The van der Waals surface area contributed by atoms with Crippen LogP contribution in [0.1, 0.15) is 81.4 Å². The summed E-state index contributed by atoms with van der Waals surface area (Å²) in [5.74, 6) is 1.16. The van der Waals surface area contributed by atoms with E-state index in [-0.39, 0.29) is 6.09 Å². The molecule has 0 bridgehead atoms. The maximum atomic E-state index is 13.2. The van der Waals surface area contributed by atoms with Crippen molar-refractivity contribution in [3.8, 4) is 11.5 Å². The lowest BCUT2D eigenvalue weighted by atomic mass is 9.86. The van der Waals surface area contributed by atoms with Gasteiger partial charge in [0.25, 0.3) is 0 Å². The van der Waals surface area contributed by atoms with Gasteiger partial charge in [0.1, 0.15) is 18.1 Å². The number of ether oxygens (including phenoxy) is 3. The van der Waals surface area contributed by atoms with E-state index >= 15 is 0 Å². The van der Waals surface area contributed by atoms with Crippen LogP contribution in [0.4, 0.5) is 4.79 Å². The Balaban J connectivity index is 1.29. The van der Waals surface area contributed by atoms with Gasteiger partial charge < -0.3 is 24.2 Å². The van der Waals surface area contributed by atoms with Gasteiger partial charge in [-0.15, -0.1) is 0 Å². The Labute approximate surface area is 238 Å². The van der Waals surface area contributed by atoms with Gasteiger partial charge in [0.2, 0.25) is 0 Å². The molecule has 0 aromatic heterocycles. The molecule has 0 saturated heterocycles. The molecular weight excluding hydrogens is 506 g/mol. The number of fused-ring (bicyclic) bond motifs is 1. The second-order valence-electron chi connectivity index (χ2n) is 11.1. The molecule has 0 heterocycles. The molecule has 4 rings (SSSR count). The number of aryl methyl sites for hydroxylation is 2. The zero-order chi connectivity index (χ0) is 28.2. The van der Waals surface area contributed by atoms with Crippen molar-refractivity contribution in [2.24, 2.45) is 5.92 Å². The van der Waals surface area contributed by atoms with Crippen molar-refractivity contribution in [3.63, 3.8) is 0 Å². The number of carbonyl (C=O) groups excluding carboxylic acids is 1. The number of amides is 1. The van der Waals surface area contributed by atoms with Crippen molar-refractivity contribution >= 4 is 12.1 Å². The standard InChI is InChI=1S/C33H45NO6/c1-2-38-31(32(35)36)23-26-14-17-29(18-15-26)39-22-21-34(20-7-6-11-25-9-4-3-5-10-25)33(37)40-30-19-16-27-12-8-13-28(27)24-30/h14-19,24-25,31H,2-13,20-23H2,1H3,(H,35,36). The van der Waals surface area contributed by atoms with Crippen LogP contribution in [0.3, 0.4) is 0 Å². The molecule has 0 radical (unpaired) electrons. The van der Waals surface area contributed by atoms with Crippen LogP contribution in [0.5, 0.6) is 11.5 Å². The number of benzene rings is 2. The van der Waals surface area contributed by atoms with Crippen LogP contribution in [0.15, 0.2) is 42.5 Å². The van der Waals surface area contributed by atoms with Gasteiger partial charge in [0, 0.05) is 19.6 Å².